The maximum atomic E-state index is 10.6. The molecule has 6 atom stereocenters. The SMILES string of the molecule is OC1C(Oc2cccc3ccccc23)OC2COC(c3ccco3)OC2C1O. The van der Waals surface area contributed by atoms with Gasteiger partial charge in [-0.3, -0.25) is 0 Å². The van der Waals surface area contributed by atoms with Crippen molar-refractivity contribution in [2.24, 2.45) is 0 Å². The van der Waals surface area contributed by atoms with Gasteiger partial charge in [0.2, 0.25) is 12.6 Å². The van der Waals surface area contributed by atoms with E-state index >= 15 is 0 Å². The second-order valence-electron chi connectivity index (χ2n) is 6.90. The molecule has 2 saturated heterocycles. The Hall–Kier alpha value is -2.42. The smallest absolute Gasteiger partial charge is 0.229 e. The zero-order valence-corrected chi connectivity index (χ0v) is 14.9. The van der Waals surface area contributed by atoms with Crippen LogP contribution in [0.2, 0.25) is 0 Å². The summed E-state index contributed by atoms with van der Waals surface area (Å²) in [5, 5.41) is 23.1. The molecule has 1 aromatic heterocycles. The first kappa shape index (κ1) is 17.7. The topological polar surface area (TPSA) is 90.5 Å². The normalized spacial score (nSPS) is 32.8. The Balaban J connectivity index is 1.35. The third-order valence-corrected chi connectivity index (χ3v) is 5.10. The van der Waals surface area contributed by atoms with Crippen molar-refractivity contribution in [3.8, 4) is 5.75 Å². The third kappa shape index (κ3) is 3.07. The number of fused-ring (bicyclic) bond motifs is 2. The fourth-order valence-corrected chi connectivity index (χ4v) is 3.67. The lowest BCUT2D eigenvalue weighted by atomic mass is 9.98. The zero-order chi connectivity index (χ0) is 19.1. The molecule has 0 saturated carbocycles. The molecule has 2 aliphatic heterocycles. The zero-order valence-electron chi connectivity index (χ0n) is 14.9. The molecule has 0 bridgehead atoms. The molecule has 2 aromatic carbocycles. The summed E-state index contributed by atoms with van der Waals surface area (Å²) in [5.41, 5.74) is 0. The Labute approximate surface area is 161 Å². The van der Waals surface area contributed by atoms with E-state index in [9.17, 15) is 10.2 Å². The molecule has 2 aliphatic rings. The van der Waals surface area contributed by atoms with Gasteiger partial charge in [0.1, 0.15) is 30.2 Å². The fourth-order valence-electron chi connectivity index (χ4n) is 3.67. The lowest BCUT2D eigenvalue weighted by Gasteiger charge is -2.45. The van der Waals surface area contributed by atoms with Crippen LogP contribution in [0, 0.1) is 0 Å². The van der Waals surface area contributed by atoms with E-state index < -0.39 is 37.0 Å². The van der Waals surface area contributed by atoms with Crippen LogP contribution in [-0.2, 0) is 14.2 Å². The van der Waals surface area contributed by atoms with Gasteiger partial charge in [0, 0.05) is 5.39 Å². The lowest BCUT2D eigenvalue weighted by molar-refractivity contribution is -0.352. The standard InChI is InChI=1S/C21H20O7/c22-17-18(23)21(26-14-8-3-6-12-5-1-2-7-13(12)14)27-16-11-25-20(28-19(16)17)15-9-4-10-24-15/h1-10,16-23H,11H2. The highest BCUT2D eigenvalue weighted by Gasteiger charge is 2.50. The summed E-state index contributed by atoms with van der Waals surface area (Å²) in [6.45, 7) is 0.176. The maximum Gasteiger partial charge on any atom is 0.229 e. The van der Waals surface area contributed by atoms with Gasteiger partial charge in [0.15, 0.2) is 5.76 Å². The second kappa shape index (κ2) is 7.20. The van der Waals surface area contributed by atoms with E-state index in [1.165, 1.54) is 6.26 Å². The van der Waals surface area contributed by atoms with Crippen molar-refractivity contribution < 1.29 is 33.6 Å². The van der Waals surface area contributed by atoms with Crippen LogP contribution in [0.3, 0.4) is 0 Å². The molecule has 5 rings (SSSR count). The van der Waals surface area contributed by atoms with Crippen LogP contribution in [0.25, 0.3) is 10.8 Å². The maximum absolute atomic E-state index is 10.6. The molecule has 0 amide bonds. The first-order chi connectivity index (χ1) is 13.7. The van der Waals surface area contributed by atoms with Gasteiger partial charge < -0.3 is 33.6 Å². The first-order valence-corrected chi connectivity index (χ1v) is 9.17. The summed E-state index contributed by atoms with van der Waals surface area (Å²) in [6.07, 6.45) is -4.09. The highest BCUT2D eigenvalue weighted by Crippen LogP contribution is 2.35. The summed E-state index contributed by atoms with van der Waals surface area (Å²) in [7, 11) is 0. The highest BCUT2D eigenvalue weighted by molar-refractivity contribution is 5.88. The quantitative estimate of drug-likeness (QED) is 0.716. The van der Waals surface area contributed by atoms with Crippen molar-refractivity contribution in [1.29, 1.82) is 0 Å². The Kier molecular flexibility index (Phi) is 4.54. The Morgan fingerprint density at radius 1 is 0.893 bits per heavy atom. The Morgan fingerprint density at radius 2 is 1.75 bits per heavy atom. The van der Waals surface area contributed by atoms with Crippen molar-refractivity contribution in [3.63, 3.8) is 0 Å². The molecular formula is C21H20O7. The third-order valence-electron chi connectivity index (χ3n) is 5.10. The summed E-state index contributed by atoms with van der Waals surface area (Å²) in [6, 6.07) is 16.9. The van der Waals surface area contributed by atoms with Crippen LogP contribution in [-0.4, -0.2) is 47.5 Å². The molecule has 0 aliphatic carbocycles. The van der Waals surface area contributed by atoms with Crippen molar-refractivity contribution in [2.75, 3.05) is 6.61 Å². The van der Waals surface area contributed by atoms with Crippen molar-refractivity contribution in [2.45, 2.75) is 37.0 Å². The van der Waals surface area contributed by atoms with Crippen molar-refractivity contribution >= 4 is 10.8 Å². The number of furan rings is 1. The van der Waals surface area contributed by atoms with Crippen LogP contribution >= 0.6 is 0 Å². The minimum absolute atomic E-state index is 0.176. The number of benzene rings is 2. The van der Waals surface area contributed by atoms with Crippen LogP contribution in [0.5, 0.6) is 5.75 Å². The van der Waals surface area contributed by atoms with Gasteiger partial charge in [-0.1, -0.05) is 36.4 Å². The number of aliphatic hydroxyl groups is 2. The van der Waals surface area contributed by atoms with Gasteiger partial charge in [-0.05, 0) is 23.6 Å². The van der Waals surface area contributed by atoms with Gasteiger partial charge in [-0.2, -0.15) is 0 Å². The van der Waals surface area contributed by atoms with E-state index in [-0.39, 0.29) is 6.61 Å². The second-order valence-corrected chi connectivity index (χ2v) is 6.90. The van der Waals surface area contributed by atoms with Crippen LogP contribution in [0.4, 0.5) is 0 Å². The van der Waals surface area contributed by atoms with E-state index in [0.29, 0.717) is 11.5 Å². The molecule has 3 aromatic rings. The monoisotopic (exact) mass is 384 g/mol. The van der Waals surface area contributed by atoms with E-state index in [0.717, 1.165) is 10.8 Å². The summed E-state index contributed by atoms with van der Waals surface area (Å²) >= 11 is 0. The highest BCUT2D eigenvalue weighted by atomic mass is 16.8. The lowest BCUT2D eigenvalue weighted by Crippen LogP contribution is -2.62. The molecule has 28 heavy (non-hydrogen) atoms. The molecule has 0 spiro atoms. The predicted molar refractivity (Wildman–Crippen MR) is 97.5 cm³/mol. The van der Waals surface area contributed by atoms with Gasteiger partial charge in [-0.25, -0.2) is 0 Å². The molecular weight excluding hydrogens is 364 g/mol. The Morgan fingerprint density at radius 3 is 2.61 bits per heavy atom. The molecule has 7 nitrogen and oxygen atoms in total. The van der Waals surface area contributed by atoms with Crippen LogP contribution in [0.1, 0.15) is 12.1 Å². The average Bonchev–Trinajstić information content (AvgIpc) is 3.27. The Bertz CT molecular complexity index is 934. The van der Waals surface area contributed by atoms with Gasteiger partial charge in [-0.15, -0.1) is 0 Å². The van der Waals surface area contributed by atoms with Crippen molar-refractivity contribution in [1.82, 2.24) is 0 Å². The minimum atomic E-state index is -1.28. The molecule has 2 fully saturated rings. The van der Waals surface area contributed by atoms with E-state index in [1.54, 1.807) is 18.2 Å². The molecule has 2 N–H and O–H groups in total. The number of aliphatic hydroxyl groups excluding tert-OH is 2. The fraction of sp³-hybridized carbons (Fsp3) is 0.333. The van der Waals surface area contributed by atoms with E-state index in [4.69, 9.17) is 23.4 Å². The van der Waals surface area contributed by atoms with E-state index in [1.807, 2.05) is 36.4 Å². The minimum Gasteiger partial charge on any atom is -0.464 e. The molecule has 3 heterocycles. The van der Waals surface area contributed by atoms with E-state index in [2.05, 4.69) is 0 Å². The molecule has 6 unspecified atom stereocenters. The predicted octanol–water partition coefficient (Wildman–Crippen LogP) is 2.37. The van der Waals surface area contributed by atoms with Crippen molar-refractivity contribution in [3.05, 3.63) is 66.6 Å². The first-order valence-electron chi connectivity index (χ1n) is 9.17. The van der Waals surface area contributed by atoms with Crippen LogP contribution in [0.15, 0.2) is 65.3 Å². The number of rotatable bonds is 3. The molecule has 146 valence electrons. The van der Waals surface area contributed by atoms with Gasteiger partial charge >= 0.3 is 0 Å². The summed E-state index contributed by atoms with van der Waals surface area (Å²) in [5.74, 6) is 1.06. The van der Waals surface area contributed by atoms with Crippen LogP contribution < -0.4 is 4.74 Å². The molecule has 0 radical (unpaired) electrons. The number of hydrogen-bond donors (Lipinski definition) is 2. The summed E-state index contributed by atoms with van der Waals surface area (Å²) in [4.78, 5) is 0. The number of ether oxygens (including phenoxy) is 4. The van der Waals surface area contributed by atoms with Gasteiger partial charge in [0.25, 0.3) is 0 Å². The largest absolute Gasteiger partial charge is 0.464 e. The van der Waals surface area contributed by atoms with Gasteiger partial charge in [0.05, 0.1) is 12.9 Å². The average molecular weight is 384 g/mol. The number of hydrogen-bond acceptors (Lipinski definition) is 7. The summed E-state index contributed by atoms with van der Waals surface area (Å²) < 4.78 is 28.5. The molecule has 7 heteroatoms.